The van der Waals surface area contributed by atoms with Gasteiger partial charge in [0.2, 0.25) is 0 Å². The third kappa shape index (κ3) is 2.37. The van der Waals surface area contributed by atoms with Gasteiger partial charge in [-0.2, -0.15) is 0 Å². The lowest BCUT2D eigenvalue weighted by Gasteiger charge is -2.11. The molecule has 1 aliphatic rings. The van der Waals surface area contributed by atoms with Gasteiger partial charge in [-0.15, -0.1) is 0 Å². The molecule has 0 aromatic heterocycles. The summed E-state index contributed by atoms with van der Waals surface area (Å²) in [6, 6.07) is 11.3. The van der Waals surface area contributed by atoms with Gasteiger partial charge in [0.1, 0.15) is 0 Å². The molecule has 3 rings (SSSR count). The molecule has 2 aromatic rings. The van der Waals surface area contributed by atoms with E-state index in [2.05, 4.69) is 10.6 Å². The number of rotatable bonds is 2. The highest BCUT2D eigenvalue weighted by Crippen LogP contribution is 2.27. The van der Waals surface area contributed by atoms with Crippen molar-refractivity contribution in [1.82, 2.24) is 0 Å². The fourth-order valence-corrected chi connectivity index (χ4v) is 2.69. The predicted molar refractivity (Wildman–Crippen MR) is 82.8 cm³/mol. The van der Waals surface area contributed by atoms with E-state index in [4.69, 9.17) is 11.6 Å². The first-order chi connectivity index (χ1) is 9.65. The van der Waals surface area contributed by atoms with Crippen molar-refractivity contribution in [3.63, 3.8) is 0 Å². The molecule has 102 valence electrons. The van der Waals surface area contributed by atoms with E-state index in [1.165, 1.54) is 5.56 Å². The van der Waals surface area contributed by atoms with Gasteiger partial charge in [0.05, 0.1) is 10.7 Å². The molecule has 0 unspecified atom stereocenters. The largest absolute Gasteiger partial charge is 0.384 e. The number of aryl methyl sites for hydroxylation is 1. The summed E-state index contributed by atoms with van der Waals surface area (Å²) in [5.74, 6) is -0.129. The molecular formula is C16H15ClN2O. The Kier molecular flexibility index (Phi) is 3.36. The summed E-state index contributed by atoms with van der Waals surface area (Å²) in [5.41, 5.74) is 4.60. The van der Waals surface area contributed by atoms with Crippen LogP contribution < -0.4 is 10.6 Å². The summed E-state index contributed by atoms with van der Waals surface area (Å²) < 4.78 is 0. The number of para-hydroxylation sites is 1. The Bertz CT molecular complexity index is 662. The molecule has 0 saturated heterocycles. The lowest BCUT2D eigenvalue weighted by atomic mass is 10.1. The van der Waals surface area contributed by atoms with Gasteiger partial charge in [-0.1, -0.05) is 23.7 Å². The Morgan fingerprint density at radius 1 is 1.30 bits per heavy atom. The van der Waals surface area contributed by atoms with Crippen LogP contribution in [0.2, 0.25) is 5.02 Å². The average molecular weight is 287 g/mol. The molecule has 20 heavy (non-hydrogen) atoms. The fourth-order valence-electron chi connectivity index (χ4n) is 2.42. The first-order valence-corrected chi connectivity index (χ1v) is 6.96. The number of hydrogen-bond donors (Lipinski definition) is 2. The van der Waals surface area contributed by atoms with Crippen LogP contribution >= 0.6 is 11.6 Å². The van der Waals surface area contributed by atoms with Crippen molar-refractivity contribution in [2.45, 2.75) is 13.3 Å². The van der Waals surface area contributed by atoms with Crippen LogP contribution in [-0.4, -0.2) is 12.5 Å². The molecule has 1 heterocycles. The summed E-state index contributed by atoms with van der Waals surface area (Å²) in [6.07, 6.45) is 0.960. The normalized spacial score (nSPS) is 12.7. The molecule has 0 spiro atoms. The highest BCUT2D eigenvalue weighted by Gasteiger charge is 2.15. The van der Waals surface area contributed by atoms with E-state index in [-0.39, 0.29) is 5.91 Å². The van der Waals surface area contributed by atoms with Crippen molar-refractivity contribution in [2.75, 3.05) is 17.2 Å². The number of carbonyl (C=O) groups excluding carboxylic acids is 1. The van der Waals surface area contributed by atoms with Gasteiger partial charge < -0.3 is 10.6 Å². The molecule has 0 saturated carbocycles. The highest BCUT2D eigenvalue weighted by atomic mass is 35.5. The van der Waals surface area contributed by atoms with Gasteiger partial charge in [0, 0.05) is 17.8 Å². The minimum Gasteiger partial charge on any atom is -0.384 e. The van der Waals surface area contributed by atoms with Crippen LogP contribution in [0, 0.1) is 6.92 Å². The topological polar surface area (TPSA) is 41.1 Å². The molecule has 0 atom stereocenters. The zero-order valence-corrected chi connectivity index (χ0v) is 11.9. The number of nitrogens with one attached hydrogen (secondary N) is 2. The Labute approximate surface area is 123 Å². The van der Waals surface area contributed by atoms with Crippen molar-refractivity contribution in [1.29, 1.82) is 0 Å². The first kappa shape index (κ1) is 13.0. The van der Waals surface area contributed by atoms with E-state index in [1.807, 2.05) is 37.3 Å². The van der Waals surface area contributed by atoms with E-state index in [9.17, 15) is 4.79 Å². The average Bonchev–Trinajstić information content (AvgIpc) is 2.90. The molecule has 0 fully saturated rings. The zero-order chi connectivity index (χ0) is 14.1. The Hall–Kier alpha value is -2.00. The summed E-state index contributed by atoms with van der Waals surface area (Å²) in [6.45, 7) is 2.86. The fraction of sp³-hybridized carbons (Fsp3) is 0.188. The lowest BCUT2D eigenvalue weighted by molar-refractivity contribution is 0.102. The summed E-state index contributed by atoms with van der Waals surface area (Å²) in [5, 5.41) is 6.73. The van der Waals surface area contributed by atoms with Crippen LogP contribution in [0.3, 0.4) is 0 Å². The smallest absolute Gasteiger partial charge is 0.255 e. The molecule has 2 aromatic carbocycles. The van der Waals surface area contributed by atoms with Gasteiger partial charge in [0.15, 0.2) is 0 Å². The van der Waals surface area contributed by atoms with Crippen LogP contribution in [0.15, 0.2) is 36.4 Å². The second-order valence-corrected chi connectivity index (χ2v) is 5.34. The lowest BCUT2D eigenvalue weighted by Crippen LogP contribution is -2.13. The second kappa shape index (κ2) is 5.17. The van der Waals surface area contributed by atoms with Crippen molar-refractivity contribution in [3.8, 4) is 0 Å². The number of anilines is 2. The highest BCUT2D eigenvalue weighted by molar-refractivity contribution is 6.34. The van der Waals surface area contributed by atoms with Crippen molar-refractivity contribution in [3.05, 3.63) is 58.1 Å². The molecule has 0 radical (unpaired) electrons. The van der Waals surface area contributed by atoms with E-state index in [0.29, 0.717) is 16.3 Å². The van der Waals surface area contributed by atoms with Gasteiger partial charge in [-0.05, 0) is 48.7 Å². The van der Waals surface area contributed by atoms with E-state index < -0.39 is 0 Å². The maximum atomic E-state index is 12.3. The minimum atomic E-state index is -0.129. The zero-order valence-electron chi connectivity index (χ0n) is 11.2. The monoisotopic (exact) mass is 286 g/mol. The summed E-state index contributed by atoms with van der Waals surface area (Å²) in [7, 11) is 0. The van der Waals surface area contributed by atoms with Gasteiger partial charge >= 0.3 is 0 Å². The predicted octanol–water partition coefficient (Wildman–Crippen LogP) is 3.87. The van der Waals surface area contributed by atoms with E-state index >= 15 is 0 Å². The standard InChI is InChI=1S/C16H15ClN2O/c1-10-3-2-4-13(17)15(10)19-16(20)12-5-6-14-11(9-12)7-8-18-14/h2-6,9,18H,7-8H2,1H3,(H,19,20). The van der Waals surface area contributed by atoms with E-state index in [1.54, 1.807) is 6.07 Å². The second-order valence-electron chi connectivity index (χ2n) is 4.93. The third-order valence-electron chi connectivity index (χ3n) is 3.54. The van der Waals surface area contributed by atoms with E-state index in [0.717, 1.165) is 24.2 Å². The molecular weight excluding hydrogens is 272 g/mol. The maximum Gasteiger partial charge on any atom is 0.255 e. The third-order valence-corrected chi connectivity index (χ3v) is 3.85. The quantitative estimate of drug-likeness (QED) is 0.880. The van der Waals surface area contributed by atoms with Gasteiger partial charge in [-0.3, -0.25) is 4.79 Å². The molecule has 4 heteroatoms. The van der Waals surface area contributed by atoms with Gasteiger partial charge in [0.25, 0.3) is 5.91 Å². The SMILES string of the molecule is Cc1cccc(Cl)c1NC(=O)c1ccc2c(c1)CCN2. The van der Waals surface area contributed by atoms with Crippen molar-refractivity contribution >= 4 is 28.9 Å². The number of amides is 1. The van der Waals surface area contributed by atoms with Gasteiger partial charge in [-0.25, -0.2) is 0 Å². The van der Waals surface area contributed by atoms with Crippen LogP contribution in [0.25, 0.3) is 0 Å². The Morgan fingerprint density at radius 3 is 2.95 bits per heavy atom. The number of hydrogen-bond acceptors (Lipinski definition) is 2. The molecule has 2 N–H and O–H groups in total. The first-order valence-electron chi connectivity index (χ1n) is 6.58. The number of benzene rings is 2. The number of carbonyl (C=O) groups is 1. The van der Waals surface area contributed by atoms with Crippen LogP contribution in [0.4, 0.5) is 11.4 Å². The summed E-state index contributed by atoms with van der Waals surface area (Å²) in [4.78, 5) is 12.3. The summed E-state index contributed by atoms with van der Waals surface area (Å²) >= 11 is 6.13. The maximum absolute atomic E-state index is 12.3. The Balaban J connectivity index is 1.86. The van der Waals surface area contributed by atoms with Crippen molar-refractivity contribution in [2.24, 2.45) is 0 Å². The molecule has 0 aliphatic carbocycles. The van der Waals surface area contributed by atoms with Crippen LogP contribution in [0.5, 0.6) is 0 Å². The molecule has 0 bridgehead atoms. The van der Waals surface area contributed by atoms with Crippen LogP contribution in [-0.2, 0) is 6.42 Å². The number of fused-ring (bicyclic) bond motifs is 1. The number of halogens is 1. The minimum absolute atomic E-state index is 0.129. The molecule has 3 nitrogen and oxygen atoms in total. The molecule has 1 aliphatic heterocycles. The molecule has 1 amide bonds. The Morgan fingerprint density at radius 2 is 2.15 bits per heavy atom. The van der Waals surface area contributed by atoms with Crippen molar-refractivity contribution < 1.29 is 4.79 Å². The van der Waals surface area contributed by atoms with Crippen LogP contribution in [0.1, 0.15) is 21.5 Å².